The van der Waals surface area contributed by atoms with Crippen molar-refractivity contribution in [3.8, 4) is 11.3 Å². The van der Waals surface area contributed by atoms with Crippen LogP contribution < -0.4 is 0 Å². The average Bonchev–Trinajstić information content (AvgIpc) is 2.71. The largest absolute Gasteiger partial charge is 0.461 e. The Morgan fingerprint density at radius 3 is 2.44 bits per heavy atom. The molecule has 0 atom stereocenters. The van der Waals surface area contributed by atoms with Crippen LogP contribution in [0.5, 0.6) is 0 Å². The van der Waals surface area contributed by atoms with Crippen LogP contribution in [0.2, 0.25) is 0 Å². The Kier molecular flexibility index (Phi) is 2.77. The standard InChI is InChI=1S/C13H12F2O/c1-8(2)11-6-7-12(16-11)9-4-3-5-10(14)13(9)15/h3-8H,1-2H3. The van der Waals surface area contributed by atoms with E-state index in [4.69, 9.17) is 4.42 Å². The fourth-order valence-electron chi connectivity index (χ4n) is 1.50. The highest BCUT2D eigenvalue weighted by Crippen LogP contribution is 2.28. The van der Waals surface area contributed by atoms with Gasteiger partial charge < -0.3 is 4.42 Å². The van der Waals surface area contributed by atoms with E-state index in [-0.39, 0.29) is 11.5 Å². The molecule has 0 aliphatic heterocycles. The van der Waals surface area contributed by atoms with Gasteiger partial charge in [-0.15, -0.1) is 0 Å². The molecule has 0 bridgehead atoms. The highest BCUT2D eigenvalue weighted by atomic mass is 19.2. The Morgan fingerprint density at radius 2 is 1.81 bits per heavy atom. The zero-order valence-corrected chi connectivity index (χ0v) is 9.13. The van der Waals surface area contributed by atoms with Crippen LogP contribution in [0.3, 0.4) is 0 Å². The molecule has 1 heterocycles. The predicted molar refractivity (Wildman–Crippen MR) is 58.1 cm³/mol. The molecule has 2 aromatic rings. The van der Waals surface area contributed by atoms with Gasteiger partial charge >= 0.3 is 0 Å². The summed E-state index contributed by atoms with van der Waals surface area (Å²) in [5.41, 5.74) is 0.159. The van der Waals surface area contributed by atoms with E-state index in [0.29, 0.717) is 5.76 Å². The molecule has 2 rings (SSSR count). The summed E-state index contributed by atoms with van der Waals surface area (Å²) in [5.74, 6) is -0.378. The molecule has 0 saturated carbocycles. The van der Waals surface area contributed by atoms with Crippen molar-refractivity contribution in [3.63, 3.8) is 0 Å². The zero-order valence-electron chi connectivity index (χ0n) is 9.13. The minimum Gasteiger partial charge on any atom is -0.461 e. The fourth-order valence-corrected chi connectivity index (χ4v) is 1.50. The van der Waals surface area contributed by atoms with Gasteiger partial charge in [0.05, 0.1) is 5.56 Å². The second-order valence-electron chi connectivity index (χ2n) is 3.96. The summed E-state index contributed by atoms with van der Waals surface area (Å²) in [5, 5.41) is 0. The third kappa shape index (κ3) is 1.85. The van der Waals surface area contributed by atoms with Gasteiger partial charge in [0, 0.05) is 5.92 Å². The van der Waals surface area contributed by atoms with E-state index in [0.717, 1.165) is 11.8 Å². The summed E-state index contributed by atoms with van der Waals surface area (Å²) >= 11 is 0. The van der Waals surface area contributed by atoms with Crippen LogP contribution in [-0.4, -0.2) is 0 Å². The van der Waals surface area contributed by atoms with Gasteiger partial charge in [0.25, 0.3) is 0 Å². The second kappa shape index (κ2) is 4.08. The summed E-state index contributed by atoms with van der Waals surface area (Å²) < 4.78 is 31.9. The van der Waals surface area contributed by atoms with Gasteiger partial charge in [-0.1, -0.05) is 19.9 Å². The molecule has 0 amide bonds. The van der Waals surface area contributed by atoms with Crippen LogP contribution in [0.25, 0.3) is 11.3 Å². The Morgan fingerprint density at radius 1 is 1.06 bits per heavy atom. The number of furan rings is 1. The van der Waals surface area contributed by atoms with Crippen LogP contribution in [-0.2, 0) is 0 Å². The molecule has 0 unspecified atom stereocenters. The first kappa shape index (κ1) is 10.9. The zero-order chi connectivity index (χ0) is 11.7. The lowest BCUT2D eigenvalue weighted by Crippen LogP contribution is -1.87. The molecule has 0 radical (unpaired) electrons. The highest BCUT2D eigenvalue weighted by Gasteiger charge is 2.13. The van der Waals surface area contributed by atoms with Crippen molar-refractivity contribution in [1.82, 2.24) is 0 Å². The number of rotatable bonds is 2. The third-order valence-corrected chi connectivity index (χ3v) is 2.41. The molecule has 0 saturated heterocycles. The molecule has 84 valence electrons. The molecule has 16 heavy (non-hydrogen) atoms. The fraction of sp³-hybridized carbons (Fsp3) is 0.231. The first-order valence-electron chi connectivity index (χ1n) is 5.13. The molecular weight excluding hydrogens is 210 g/mol. The molecule has 0 aliphatic rings. The molecule has 1 nitrogen and oxygen atoms in total. The maximum atomic E-state index is 13.5. The van der Waals surface area contributed by atoms with E-state index in [1.54, 1.807) is 12.1 Å². The minimum absolute atomic E-state index is 0.159. The number of hydrogen-bond acceptors (Lipinski definition) is 1. The van der Waals surface area contributed by atoms with Crippen molar-refractivity contribution in [3.05, 3.63) is 47.7 Å². The molecule has 3 heteroatoms. The van der Waals surface area contributed by atoms with Gasteiger partial charge in [-0.2, -0.15) is 0 Å². The summed E-state index contributed by atoms with van der Waals surface area (Å²) in [6.45, 7) is 3.95. The highest BCUT2D eigenvalue weighted by molar-refractivity contribution is 5.58. The van der Waals surface area contributed by atoms with Crippen molar-refractivity contribution in [2.24, 2.45) is 0 Å². The normalized spacial score (nSPS) is 11.1. The first-order chi connectivity index (χ1) is 7.59. The topological polar surface area (TPSA) is 13.1 Å². The summed E-state index contributed by atoms with van der Waals surface area (Å²) in [6, 6.07) is 7.50. The number of benzene rings is 1. The van der Waals surface area contributed by atoms with Crippen LogP contribution in [0, 0.1) is 11.6 Å². The van der Waals surface area contributed by atoms with E-state index >= 15 is 0 Å². The Balaban J connectivity index is 2.47. The Bertz CT molecular complexity index is 500. The maximum absolute atomic E-state index is 13.5. The maximum Gasteiger partial charge on any atom is 0.169 e. The Hall–Kier alpha value is -1.64. The van der Waals surface area contributed by atoms with Crippen LogP contribution in [0.1, 0.15) is 25.5 Å². The van der Waals surface area contributed by atoms with Crippen LogP contribution >= 0.6 is 0 Å². The molecule has 0 N–H and O–H groups in total. The van der Waals surface area contributed by atoms with Crippen molar-refractivity contribution in [2.75, 3.05) is 0 Å². The molecule has 0 aliphatic carbocycles. The predicted octanol–water partition coefficient (Wildman–Crippen LogP) is 4.35. The third-order valence-electron chi connectivity index (χ3n) is 2.41. The van der Waals surface area contributed by atoms with E-state index in [9.17, 15) is 8.78 Å². The summed E-state index contributed by atoms with van der Waals surface area (Å²) in [6.07, 6.45) is 0. The summed E-state index contributed by atoms with van der Waals surface area (Å²) in [7, 11) is 0. The second-order valence-corrected chi connectivity index (χ2v) is 3.96. The van der Waals surface area contributed by atoms with Crippen molar-refractivity contribution < 1.29 is 13.2 Å². The molecule has 0 spiro atoms. The van der Waals surface area contributed by atoms with Gasteiger partial charge in [0.2, 0.25) is 0 Å². The quantitative estimate of drug-likeness (QED) is 0.736. The molecule has 0 fully saturated rings. The van der Waals surface area contributed by atoms with E-state index in [1.165, 1.54) is 12.1 Å². The van der Waals surface area contributed by atoms with Crippen molar-refractivity contribution in [1.29, 1.82) is 0 Å². The number of halogens is 2. The lowest BCUT2D eigenvalue weighted by molar-refractivity contribution is 0.483. The smallest absolute Gasteiger partial charge is 0.169 e. The molecule has 1 aromatic carbocycles. The van der Waals surface area contributed by atoms with Gasteiger partial charge in [-0.05, 0) is 24.3 Å². The van der Waals surface area contributed by atoms with Gasteiger partial charge in [0.1, 0.15) is 11.5 Å². The van der Waals surface area contributed by atoms with Gasteiger partial charge in [-0.25, -0.2) is 8.78 Å². The minimum atomic E-state index is -0.868. The Labute approximate surface area is 92.7 Å². The summed E-state index contributed by atoms with van der Waals surface area (Å²) in [4.78, 5) is 0. The van der Waals surface area contributed by atoms with Crippen molar-refractivity contribution in [2.45, 2.75) is 19.8 Å². The van der Waals surface area contributed by atoms with Gasteiger partial charge in [-0.3, -0.25) is 0 Å². The van der Waals surface area contributed by atoms with Crippen LogP contribution in [0.15, 0.2) is 34.7 Å². The first-order valence-corrected chi connectivity index (χ1v) is 5.13. The number of hydrogen-bond donors (Lipinski definition) is 0. The van der Waals surface area contributed by atoms with E-state index in [1.807, 2.05) is 13.8 Å². The SMILES string of the molecule is CC(C)c1ccc(-c2cccc(F)c2F)o1. The lowest BCUT2D eigenvalue weighted by Gasteiger charge is -2.01. The van der Waals surface area contributed by atoms with Gasteiger partial charge in [0.15, 0.2) is 11.6 Å². The van der Waals surface area contributed by atoms with E-state index in [2.05, 4.69) is 0 Å². The van der Waals surface area contributed by atoms with E-state index < -0.39 is 11.6 Å². The molecular formula is C13H12F2O. The van der Waals surface area contributed by atoms with Crippen molar-refractivity contribution >= 4 is 0 Å². The average molecular weight is 222 g/mol. The lowest BCUT2D eigenvalue weighted by atomic mass is 10.1. The van der Waals surface area contributed by atoms with Crippen LogP contribution in [0.4, 0.5) is 8.78 Å². The molecule has 1 aromatic heterocycles. The monoisotopic (exact) mass is 222 g/mol.